The Kier molecular flexibility index (Phi) is 18.4. The molecule has 4 nitrogen and oxygen atoms in total. The molecule has 1 N–H and O–H groups in total. The van der Waals surface area contributed by atoms with Crippen molar-refractivity contribution in [3.8, 4) is 0 Å². The molecule has 0 radical (unpaired) electrons. The van der Waals surface area contributed by atoms with Crippen LogP contribution in [0.4, 0.5) is 0 Å². The molecule has 0 aliphatic heterocycles. The molecule has 0 aromatic carbocycles. The molecule has 0 aliphatic rings. The van der Waals surface area contributed by atoms with Gasteiger partial charge < -0.3 is 19.5 Å². The minimum atomic E-state index is 0.647. The van der Waals surface area contributed by atoms with Gasteiger partial charge in [-0.2, -0.15) is 11.8 Å². The van der Waals surface area contributed by atoms with Crippen molar-refractivity contribution in [2.24, 2.45) is 0 Å². The first kappa shape index (κ1) is 19.2. The zero-order valence-electron chi connectivity index (χ0n) is 12.6. The van der Waals surface area contributed by atoms with Gasteiger partial charge in [0.15, 0.2) is 0 Å². The van der Waals surface area contributed by atoms with Gasteiger partial charge in [-0.05, 0) is 31.4 Å². The highest BCUT2D eigenvalue weighted by atomic mass is 32.2. The fourth-order valence-corrected chi connectivity index (χ4v) is 2.08. The van der Waals surface area contributed by atoms with Crippen LogP contribution in [0.25, 0.3) is 0 Å². The van der Waals surface area contributed by atoms with Crippen LogP contribution in [-0.4, -0.2) is 65.2 Å². The van der Waals surface area contributed by atoms with Gasteiger partial charge in [-0.3, -0.25) is 0 Å². The summed E-state index contributed by atoms with van der Waals surface area (Å²) in [6.07, 6.45) is 7.49. The Hall–Kier alpha value is 0.190. The lowest BCUT2D eigenvalue weighted by Crippen LogP contribution is -2.21. The van der Waals surface area contributed by atoms with E-state index in [0.29, 0.717) is 26.4 Å². The monoisotopic (exact) mass is 293 g/mol. The summed E-state index contributed by atoms with van der Waals surface area (Å²) < 4.78 is 15.6. The van der Waals surface area contributed by atoms with Crippen LogP contribution >= 0.6 is 11.8 Å². The number of hydrogen-bond acceptors (Lipinski definition) is 5. The molecule has 0 atom stereocenters. The third-order valence-corrected chi connectivity index (χ3v) is 3.38. The van der Waals surface area contributed by atoms with Crippen LogP contribution in [0, 0.1) is 0 Å². The molecular weight excluding hydrogens is 262 g/mol. The van der Waals surface area contributed by atoms with Crippen molar-refractivity contribution in [1.82, 2.24) is 5.32 Å². The van der Waals surface area contributed by atoms with E-state index in [9.17, 15) is 0 Å². The normalized spacial score (nSPS) is 11.1. The van der Waals surface area contributed by atoms with Crippen molar-refractivity contribution >= 4 is 11.8 Å². The van der Waals surface area contributed by atoms with Crippen LogP contribution in [0.3, 0.4) is 0 Å². The highest BCUT2D eigenvalue weighted by Gasteiger charge is 1.92. The van der Waals surface area contributed by atoms with Gasteiger partial charge in [-0.25, -0.2) is 0 Å². The third kappa shape index (κ3) is 18.2. The van der Waals surface area contributed by atoms with Gasteiger partial charge in [0.25, 0.3) is 0 Å². The number of methoxy groups -OCH3 is 1. The maximum Gasteiger partial charge on any atom is 0.0701 e. The molecule has 0 saturated heterocycles. The maximum absolute atomic E-state index is 5.44. The molecular formula is C14H31NO3S. The summed E-state index contributed by atoms with van der Waals surface area (Å²) in [6, 6.07) is 0. The molecule has 0 unspecified atom stereocenters. The summed E-state index contributed by atoms with van der Waals surface area (Å²) in [6.45, 7) is 5.42. The first-order chi connectivity index (χ1) is 9.41. The standard InChI is InChI=1S/C14H31NO3S/c1-16-10-11-18-13-12-17-9-8-15-7-5-3-4-6-14-19-2/h15H,3-14H2,1-2H3. The smallest absolute Gasteiger partial charge is 0.0701 e. The maximum atomic E-state index is 5.44. The Bertz CT molecular complexity index is 146. The van der Waals surface area contributed by atoms with E-state index in [0.717, 1.165) is 19.7 Å². The summed E-state index contributed by atoms with van der Waals surface area (Å²) in [5, 5.41) is 3.40. The van der Waals surface area contributed by atoms with Gasteiger partial charge in [0, 0.05) is 13.7 Å². The van der Waals surface area contributed by atoms with E-state index in [1.54, 1.807) is 7.11 Å². The van der Waals surface area contributed by atoms with Crippen molar-refractivity contribution in [2.45, 2.75) is 25.7 Å². The molecule has 5 heteroatoms. The summed E-state index contributed by atoms with van der Waals surface area (Å²) in [7, 11) is 1.67. The van der Waals surface area contributed by atoms with Crippen molar-refractivity contribution in [2.75, 3.05) is 65.2 Å². The Balaban J connectivity index is 2.88. The summed E-state index contributed by atoms with van der Waals surface area (Å²) >= 11 is 1.94. The average molecular weight is 293 g/mol. The first-order valence-corrected chi connectivity index (χ1v) is 8.65. The number of hydrogen-bond donors (Lipinski definition) is 1. The van der Waals surface area contributed by atoms with Crippen molar-refractivity contribution in [3.63, 3.8) is 0 Å². The lowest BCUT2D eigenvalue weighted by molar-refractivity contribution is 0.0256. The first-order valence-electron chi connectivity index (χ1n) is 7.26. The molecule has 0 saturated carbocycles. The van der Waals surface area contributed by atoms with Crippen LogP contribution in [0.2, 0.25) is 0 Å². The molecule has 0 heterocycles. The quantitative estimate of drug-likeness (QED) is 0.442. The minimum absolute atomic E-state index is 0.647. The molecule has 0 amide bonds. The van der Waals surface area contributed by atoms with E-state index in [-0.39, 0.29) is 0 Å². The summed E-state index contributed by atoms with van der Waals surface area (Å²) in [5.74, 6) is 1.30. The SMILES string of the molecule is COCCOCCOCCNCCCCCCSC. The zero-order chi connectivity index (χ0) is 14.0. The zero-order valence-corrected chi connectivity index (χ0v) is 13.4. The number of rotatable bonds is 16. The fraction of sp³-hybridized carbons (Fsp3) is 1.00. The van der Waals surface area contributed by atoms with Gasteiger partial charge in [-0.1, -0.05) is 12.8 Å². The number of nitrogens with one attached hydrogen (secondary N) is 1. The number of thioether (sulfide) groups is 1. The van der Waals surface area contributed by atoms with E-state index in [1.165, 1.54) is 31.4 Å². The van der Waals surface area contributed by atoms with Crippen LogP contribution in [0.1, 0.15) is 25.7 Å². The van der Waals surface area contributed by atoms with Crippen molar-refractivity contribution in [1.29, 1.82) is 0 Å². The van der Waals surface area contributed by atoms with Crippen LogP contribution in [0.5, 0.6) is 0 Å². The Morgan fingerprint density at radius 3 is 2.21 bits per heavy atom. The van der Waals surface area contributed by atoms with E-state index in [1.807, 2.05) is 11.8 Å². The second kappa shape index (κ2) is 18.2. The third-order valence-electron chi connectivity index (χ3n) is 2.68. The predicted octanol–water partition coefficient (Wildman–Crippen LogP) is 2.18. The Morgan fingerprint density at radius 2 is 1.47 bits per heavy atom. The molecule has 0 aromatic rings. The highest BCUT2D eigenvalue weighted by Crippen LogP contribution is 2.03. The van der Waals surface area contributed by atoms with Crippen LogP contribution < -0.4 is 5.32 Å². The average Bonchev–Trinajstić information content (AvgIpc) is 2.43. The van der Waals surface area contributed by atoms with Gasteiger partial charge in [-0.15, -0.1) is 0 Å². The van der Waals surface area contributed by atoms with Crippen LogP contribution in [0.15, 0.2) is 0 Å². The molecule has 0 fully saturated rings. The molecule has 0 bridgehead atoms. The van der Waals surface area contributed by atoms with Gasteiger partial charge in [0.1, 0.15) is 0 Å². The van der Waals surface area contributed by atoms with E-state index in [2.05, 4.69) is 11.6 Å². The molecule has 19 heavy (non-hydrogen) atoms. The topological polar surface area (TPSA) is 39.7 Å². The molecule has 0 aliphatic carbocycles. The molecule has 0 spiro atoms. The van der Waals surface area contributed by atoms with E-state index < -0.39 is 0 Å². The fourth-order valence-electron chi connectivity index (χ4n) is 1.58. The molecule has 0 rings (SSSR count). The van der Waals surface area contributed by atoms with Crippen molar-refractivity contribution in [3.05, 3.63) is 0 Å². The van der Waals surface area contributed by atoms with Gasteiger partial charge in [0.2, 0.25) is 0 Å². The Labute approximate surface area is 122 Å². The minimum Gasteiger partial charge on any atom is -0.382 e. The van der Waals surface area contributed by atoms with Gasteiger partial charge >= 0.3 is 0 Å². The van der Waals surface area contributed by atoms with Gasteiger partial charge in [0.05, 0.1) is 33.0 Å². The summed E-state index contributed by atoms with van der Waals surface area (Å²) in [4.78, 5) is 0. The van der Waals surface area contributed by atoms with E-state index in [4.69, 9.17) is 14.2 Å². The highest BCUT2D eigenvalue weighted by molar-refractivity contribution is 7.98. The van der Waals surface area contributed by atoms with Crippen LogP contribution in [-0.2, 0) is 14.2 Å². The second-order valence-corrected chi connectivity index (χ2v) is 5.36. The largest absolute Gasteiger partial charge is 0.382 e. The number of ether oxygens (including phenoxy) is 3. The van der Waals surface area contributed by atoms with E-state index >= 15 is 0 Å². The lowest BCUT2D eigenvalue weighted by Gasteiger charge is -2.07. The Morgan fingerprint density at radius 1 is 0.789 bits per heavy atom. The second-order valence-electron chi connectivity index (χ2n) is 4.37. The van der Waals surface area contributed by atoms with Crippen molar-refractivity contribution < 1.29 is 14.2 Å². The number of unbranched alkanes of at least 4 members (excludes halogenated alkanes) is 3. The lowest BCUT2D eigenvalue weighted by atomic mass is 10.2. The molecule has 116 valence electrons. The summed E-state index contributed by atoms with van der Waals surface area (Å²) in [5.41, 5.74) is 0. The molecule has 0 aromatic heterocycles. The predicted molar refractivity (Wildman–Crippen MR) is 83.2 cm³/mol.